The third-order valence-electron chi connectivity index (χ3n) is 4.54. The van der Waals surface area contributed by atoms with Crippen LogP contribution in [-0.4, -0.2) is 20.5 Å². The van der Waals surface area contributed by atoms with Crippen LogP contribution in [0.15, 0.2) is 35.7 Å². The van der Waals surface area contributed by atoms with E-state index in [9.17, 15) is 5.21 Å². The summed E-state index contributed by atoms with van der Waals surface area (Å²) < 4.78 is 2.19. The smallest absolute Gasteiger partial charge is 0.0964 e. The van der Waals surface area contributed by atoms with E-state index < -0.39 is 0 Å². The van der Waals surface area contributed by atoms with Crippen molar-refractivity contribution in [3.8, 4) is 0 Å². The molecule has 3 atom stereocenters. The molecule has 2 aliphatic carbocycles. The van der Waals surface area contributed by atoms with Crippen molar-refractivity contribution in [2.75, 3.05) is 0 Å². The fourth-order valence-electron chi connectivity index (χ4n) is 3.77. The van der Waals surface area contributed by atoms with Gasteiger partial charge in [0.25, 0.3) is 0 Å². The molecule has 0 aliphatic heterocycles. The summed E-state index contributed by atoms with van der Waals surface area (Å²) in [4.78, 5) is 4.44. The van der Waals surface area contributed by atoms with E-state index in [0.717, 1.165) is 23.2 Å². The molecule has 1 aromatic heterocycles. The van der Waals surface area contributed by atoms with Gasteiger partial charge in [0.2, 0.25) is 0 Å². The summed E-state index contributed by atoms with van der Waals surface area (Å²) in [6.07, 6.45) is 5.46. The summed E-state index contributed by atoms with van der Waals surface area (Å²) in [5, 5.41) is 12.9. The van der Waals surface area contributed by atoms with Gasteiger partial charge in [-0.2, -0.15) is 0 Å². The highest BCUT2D eigenvalue weighted by atomic mass is 16.4. The van der Waals surface area contributed by atoms with Gasteiger partial charge in [0.15, 0.2) is 0 Å². The third-order valence-corrected chi connectivity index (χ3v) is 4.54. The standard InChI is InChI=1S/C14H15N3O/c18-16-13-9-5-6-10(7-9)14(13)17-8-15-11-3-1-2-4-12(11)17/h1-4,8-10,14,18H,5-7H2/b16-13-/t9-,10+,14+/m0/s1. The van der Waals surface area contributed by atoms with Crippen LogP contribution in [0.25, 0.3) is 11.0 Å². The van der Waals surface area contributed by atoms with Crippen LogP contribution < -0.4 is 0 Å². The van der Waals surface area contributed by atoms with Gasteiger partial charge in [-0.05, 0) is 37.3 Å². The van der Waals surface area contributed by atoms with Gasteiger partial charge in [-0.15, -0.1) is 0 Å². The van der Waals surface area contributed by atoms with Gasteiger partial charge in [-0.3, -0.25) is 0 Å². The Kier molecular flexibility index (Phi) is 2.01. The second-order valence-electron chi connectivity index (χ2n) is 5.38. The van der Waals surface area contributed by atoms with E-state index in [2.05, 4.69) is 20.8 Å². The minimum absolute atomic E-state index is 0.209. The van der Waals surface area contributed by atoms with E-state index in [1.807, 2.05) is 24.5 Å². The van der Waals surface area contributed by atoms with Crippen LogP contribution in [-0.2, 0) is 0 Å². The van der Waals surface area contributed by atoms with Crippen molar-refractivity contribution in [2.24, 2.45) is 17.0 Å². The molecular weight excluding hydrogens is 226 g/mol. The first-order valence-electron chi connectivity index (χ1n) is 6.52. The zero-order valence-electron chi connectivity index (χ0n) is 10.0. The van der Waals surface area contributed by atoms with Crippen LogP contribution in [0.2, 0.25) is 0 Å². The topological polar surface area (TPSA) is 50.4 Å². The van der Waals surface area contributed by atoms with E-state index in [1.165, 1.54) is 12.8 Å². The first-order valence-corrected chi connectivity index (χ1v) is 6.52. The molecular formula is C14H15N3O. The Bertz CT molecular complexity index is 631. The van der Waals surface area contributed by atoms with Gasteiger partial charge in [0, 0.05) is 5.92 Å². The van der Waals surface area contributed by atoms with Crippen molar-refractivity contribution < 1.29 is 5.21 Å². The lowest BCUT2D eigenvalue weighted by Gasteiger charge is -2.24. The Morgan fingerprint density at radius 3 is 3.06 bits per heavy atom. The predicted molar refractivity (Wildman–Crippen MR) is 68.8 cm³/mol. The first kappa shape index (κ1) is 10.1. The summed E-state index contributed by atoms with van der Waals surface area (Å²) in [6, 6.07) is 8.35. The van der Waals surface area contributed by atoms with Gasteiger partial charge in [0.1, 0.15) is 0 Å². The molecule has 2 saturated carbocycles. The van der Waals surface area contributed by atoms with Gasteiger partial charge in [0.05, 0.1) is 29.1 Å². The van der Waals surface area contributed by atoms with Crippen LogP contribution >= 0.6 is 0 Å². The lowest BCUT2D eigenvalue weighted by Crippen LogP contribution is -2.25. The second-order valence-corrected chi connectivity index (χ2v) is 5.38. The number of nitrogens with zero attached hydrogens (tertiary/aromatic N) is 3. The van der Waals surface area contributed by atoms with Crippen LogP contribution in [0.5, 0.6) is 0 Å². The number of benzene rings is 1. The number of aromatic nitrogens is 2. The number of para-hydroxylation sites is 2. The molecule has 0 amide bonds. The van der Waals surface area contributed by atoms with Crippen LogP contribution in [0, 0.1) is 11.8 Å². The number of rotatable bonds is 1. The molecule has 1 heterocycles. The third kappa shape index (κ3) is 1.20. The Balaban J connectivity index is 1.88. The maximum Gasteiger partial charge on any atom is 0.0964 e. The highest BCUT2D eigenvalue weighted by Gasteiger charge is 2.46. The molecule has 1 N–H and O–H groups in total. The number of fused-ring (bicyclic) bond motifs is 3. The van der Waals surface area contributed by atoms with Crippen molar-refractivity contribution in [2.45, 2.75) is 25.3 Å². The normalized spacial score (nSPS) is 32.7. The Morgan fingerprint density at radius 1 is 1.28 bits per heavy atom. The lowest BCUT2D eigenvalue weighted by atomic mass is 9.93. The quantitative estimate of drug-likeness (QED) is 0.616. The Hall–Kier alpha value is -1.84. The van der Waals surface area contributed by atoms with Gasteiger partial charge in [-0.25, -0.2) is 4.98 Å². The van der Waals surface area contributed by atoms with Gasteiger partial charge < -0.3 is 9.77 Å². The zero-order chi connectivity index (χ0) is 12.1. The van der Waals surface area contributed by atoms with E-state index in [-0.39, 0.29) is 6.04 Å². The van der Waals surface area contributed by atoms with Crippen LogP contribution in [0.1, 0.15) is 25.3 Å². The maximum atomic E-state index is 9.28. The summed E-state index contributed by atoms with van der Waals surface area (Å²) in [6.45, 7) is 0. The van der Waals surface area contributed by atoms with E-state index >= 15 is 0 Å². The molecule has 2 aliphatic rings. The predicted octanol–water partition coefficient (Wildman–Crippen LogP) is 2.84. The second kappa shape index (κ2) is 3.57. The van der Waals surface area contributed by atoms with Gasteiger partial charge in [-0.1, -0.05) is 17.3 Å². The average Bonchev–Trinajstić information content (AvgIpc) is 3.11. The highest BCUT2D eigenvalue weighted by molar-refractivity contribution is 5.94. The molecule has 4 heteroatoms. The molecule has 4 nitrogen and oxygen atoms in total. The minimum atomic E-state index is 0.209. The molecule has 92 valence electrons. The van der Waals surface area contributed by atoms with E-state index in [0.29, 0.717) is 11.8 Å². The number of oxime groups is 1. The van der Waals surface area contributed by atoms with Crippen LogP contribution in [0.3, 0.4) is 0 Å². The molecule has 1 aromatic carbocycles. The van der Waals surface area contributed by atoms with Crippen LogP contribution in [0.4, 0.5) is 0 Å². The molecule has 0 spiro atoms. The van der Waals surface area contributed by atoms with Crippen molar-refractivity contribution in [3.05, 3.63) is 30.6 Å². The molecule has 18 heavy (non-hydrogen) atoms. The molecule has 2 bridgehead atoms. The van der Waals surface area contributed by atoms with Crippen molar-refractivity contribution >= 4 is 16.7 Å². The Morgan fingerprint density at radius 2 is 2.17 bits per heavy atom. The van der Waals surface area contributed by atoms with E-state index in [4.69, 9.17) is 0 Å². The molecule has 2 aromatic rings. The number of hydrogen-bond donors (Lipinski definition) is 1. The maximum absolute atomic E-state index is 9.28. The summed E-state index contributed by atoms with van der Waals surface area (Å²) in [5.74, 6) is 1.09. The minimum Gasteiger partial charge on any atom is -0.411 e. The summed E-state index contributed by atoms with van der Waals surface area (Å²) in [5.41, 5.74) is 3.10. The number of imidazole rings is 1. The Labute approximate surface area is 105 Å². The lowest BCUT2D eigenvalue weighted by molar-refractivity contribution is 0.307. The molecule has 4 rings (SSSR count). The monoisotopic (exact) mass is 241 g/mol. The SMILES string of the molecule is O/N=C1/[C@H]2CC[C@H](C2)[C@H]1n1cnc2ccccc21. The van der Waals surface area contributed by atoms with Crippen molar-refractivity contribution in [1.29, 1.82) is 0 Å². The molecule has 0 unspecified atom stereocenters. The highest BCUT2D eigenvalue weighted by Crippen LogP contribution is 2.49. The molecule has 0 saturated heterocycles. The first-order chi connectivity index (χ1) is 8.88. The number of hydrogen-bond acceptors (Lipinski definition) is 3. The average molecular weight is 241 g/mol. The van der Waals surface area contributed by atoms with E-state index in [1.54, 1.807) is 0 Å². The summed E-state index contributed by atoms with van der Waals surface area (Å²) >= 11 is 0. The fourth-order valence-corrected chi connectivity index (χ4v) is 3.77. The van der Waals surface area contributed by atoms with Crippen molar-refractivity contribution in [3.63, 3.8) is 0 Å². The van der Waals surface area contributed by atoms with Gasteiger partial charge >= 0.3 is 0 Å². The fraction of sp³-hybridized carbons (Fsp3) is 0.429. The van der Waals surface area contributed by atoms with Crippen molar-refractivity contribution in [1.82, 2.24) is 9.55 Å². The summed E-state index contributed by atoms with van der Waals surface area (Å²) in [7, 11) is 0. The largest absolute Gasteiger partial charge is 0.411 e. The zero-order valence-corrected chi connectivity index (χ0v) is 10.0. The molecule has 0 radical (unpaired) electrons. The molecule has 2 fully saturated rings.